The Bertz CT molecular complexity index is 898. The number of carbonyl (C=O) groups excluding carboxylic acids is 1. The van der Waals surface area contributed by atoms with Crippen LogP contribution in [0.5, 0.6) is 5.75 Å². The van der Waals surface area contributed by atoms with Gasteiger partial charge in [0.1, 0.15) is 11.8 Å². The highest BCUT2D eigenvalue weighted by molar-refractivity contribution is 9.10. The molecular weight excluding hydrogens is 432 g/mol. The van der Waals surface area contributed by atoms with Crippen LogP contribution < -0.4 is 10.1 Å². The Hall–Kier alpha value is -1.90. The van der Waals surface area contributed by atoms with E-state index in [1.54, 1.807) is 48.5 Å². The average molecular weight is 453 g/mol. The van der Waals surface area contributed by atoms with Crippen molar-refractivity contribution in [3.8, 4) is 5.75 Å². The summed E-state index contributed by atoms with van der Waals surface area (Å²) in [5.74, 6) is 0.396. The van der Waals surface area contributed by atoms with Crippen molar-refractivity contribution in [1.82, 2.24) is 4.31 Å². The Balaban J connectivity index is 1.75. The molecule has 2 aromatic rings. The van der Waals surface area contributed by atoms with Gasteiger partial charge >= 0.3 is 0 Å². The monoisotopic (exact) mass is 452 g/mol. The number of halogens is 1. The minimum atomic E-state index is -3.72. The molecule has 0 spiro atoms. The van der Waals surface area contributed by atoms with Gasteiger partial charge in [-0.2, -0.15) is 4.31 Å². The van der Waals surface area contributed by atoms with Gasteiger partial charge in [0.2, 0.25) is 15.9 Å². The zero-order chi connectivity index (χ0) is 19.4. The van der Waals surface area contributed by atoms with Crippen molar-refractivity contribution >= 4 is 37.5 Å². The molecule has 1 heterocycles. The summed E-state index contributed by atoms with van der Waals surface area (Å²) in [5, 5.41) is 2.81. The van der Waals surface area contributed by atoms with Gasteiger partial charge in [-0.1, -0.05) is 15.9 Å². The number of nitrogens with one attached hydrogen (secondary N) is 1. The molecule has 1 saturated heterocycles. The Kier molecular flexibility index (Phi) is 6.18. The van der Waals surface area contributed by atoms with Gasteiger partial charge in [-0.3, -0.25) is 4.79 Å². The number of anilines is 1. The van der Waals surface area contributed by atoms with Crippen LogP contribution in [0.4, 0.5) is 5.69 Å². The van der Waals surface area contributed by atoms with Crippen LogP contribution in [0.15, 0.2) is 57.9 Å². The molecule has 0 bridgehead atoms. The maximum absolute atomic E-state index is 12.9. The van der Waals surface area contributed by atoms with Gasteiger partial charge in [-0.05, 0) is 68.3 Å². The topological polar surface area (TPSA) is 75.7 Å². The molecule has 0 saturated carbocycles. The molecule has 8 heteroatoms. The predicted molar refractivity (Wildman–Crippen MR) is 107 cm³/mol. The van der Waals surface area contributed by atoms with Crippen LogP contribution in [0.25, 0.3) is 0 Å². The minimum Gasteiger partial charge on any atom is -0.494 e. The van der Waals surface area contributed by atoms with E-state index in [9.17, 15) is 13.2 Å². The average Bonchev–Trinajstić information content (AvgIpc) is 3.15. The third-order valence-electron chi connectivity index (χ3n) is 4.36. The first-order chi connectivity index (χ1) is 12.9. The second-order valence-electron chi connectivity index (χ2n) is 6.17. The number of ether oxygens (including phenoxy) is 1. The fraction of sp³-hybridized carbons (Fsp3) is 0.316. The Morgan fingerprint density at radius 3 is 2.48 bits per heavy atom. The smallest absolute Gasteiger partial charge is 0.243 e. The van der Waals surface area contributed by atoms with Crippen molar-refractivity contribution in [3.05, 3.63) is 53.0 Å². The molecule has 1 N–H and O–H groups in total. The maximum atomic E-state index is 12.9. The molecule has 1 aliphatic rings. The van der Waals surface area contributed by atoms with E-state index in [-0.39, 0.29) is 10.8 Å². The first-order valence-corrected chi connectivity index (χ1v) is 11.0. The summed E-state index contributed by atoms with van der Waals surface area (Å²) in [7, 11) is -3.72. The SMILES string of the molecule is CCOc1ccc(NC(=O)C2CCCN2S(=O)(=O)c2ccc(Br)cc2)cc1. The molecule has 3 rings (SSSR count). The molecule has 0 aromatic heterocycles. The Morgan fingerprint density at radius 1 is 1.19 bits per heavy atom. The highest BCUT2D eigenvalue weighted by Gasteiger charge is 2.39. The summed E-state index contributed by atoms with van der Waals surface area (Å²) in [6, 6.07) is 12.7. The molecule has 1 amide bonds. The normalized spacial score (nSPS) is 17.6. The number of amides is 1. The molecular formula is C19H21BrN2O4S. The van der Waals surface area contributed by atoms with Gasteiger partial charge in [0, 0.05) is 16.7 Å². The van der Waals surface area contributed by atoms with E-state index in [0.29, 0.717) is 31.7 Å². The first kappa shape index (κ1) is 19.9. The Labute approximate surface area is 167 Å². The van der Waals surface area contributed by atoms with Crippen LogP contribution >= 0.6 is 15.9 Å². The third-order valence-corrected chi connectivity index (χ3v) is 6.81. The zero-order valence-electron chi connectivity index (χ0n) is 14.9. The number of hydrogen-bond acceptors (Lipinski definition) is 4. The summed E-state index contributed by atoms with van der Waals surface area (Å²) in [6.07, 6.45) is 1.15. The third kappa shape index (κ3) is 4.51. The Morgan fingerprint density at radius 2 is 1.85 bits per heavy atom. The van der Waals surface area contributed by atoms with E-state index >= 15 is 0 Å². The molecule has 144 valence electrons. The van der Waals surface area contributed by atoms with E-state index in [1.165, 1.54) is 4.31 Å². The lowest BCUT2D eigenvalue weighted by Gasteiger charge is -2.23. The second-order valence-corrected chi connectivity index (χ2v) is 8.98. The molecule has 27 heavy (non-hydrogen) atoms. The number of carbonyl (C=O) groups is 1. The number of benzene rings is 2. The van der Waals surface area contributed by atoms with Gasteiger partial charge < -0.3 is 10.1 Å². The highest BCUT2D eigenvalue weighted by Crippen LogP contribution is 2.28. The lowest BCUT2D eigenvalue weighted by Crippen LogP contribution is -2.43. The molecule has 1 unspecified atom stereocenters. The van der Waals surface area contributed by atoms with Crippen LogP contribution in [0.1, 0.15) is 19.8 Å². The predicted octanol–water partition coefficient (Wildman–Crippen LogP) is 3.64. The minimum absolute atomic E-state index is 0.187. The van der Waals surface area contributed by atoms with Crippen molar-refractivity contribution in [2.75, 3.05) is 18.5 Å². The van der Waals surface area contributed by atoms with E-state index < -0.39 is 16.1 Å². The highest BCUT2D eigenvalue weighted by atomic mass is 79.9. The van der Waals surface area contributed by atoms with Gasteiger partial charge in [0.15, 0.2) is 0 Å². The number of rotatable bonds is 6. The number of sulfonamides is 1. The molecule has 2 aromatic carbocycles. The van der Waals surface area contributed by atoms with E-state index in [1.807, 2.05) is 6.92 Å². The van der Waals surface area contributed by atoms with Crippen molar-refractivity contribution < 1.29 is 17.9 Å². The first-order valence-electron chi connectivity index (χ1n) is 8.73. The van der Waals surface area contributed by atoms with Crippen molar-refractivity contribution in [1.29, 1.82) is 0 Å². The van der Waals surface area contributed by atoms with Gasteiger partial charge in [-0.25, -0.2) is 8.42 Å². The molecule has 0 aliphatic carbocycles. The quantitative estimate of drug-likeness (QED) is 0.725. The van der Waals surface area contributed by atoms with Crippen LogP contribution in [-0.4, -0.2) is 37.8 Å². The fourth-order valence-corrected chi connectivity index (χ4v) is 4.98. The van der Waals surface area contributed by atoms with E-state index in [0.717, 1.165) is 10.2 Å². The van der Waals surface area contributed by atoms with Gasteiger partial charge in [-0.15, -0.1) is 0 Å². The standard InChI is InChI=1S/C19H21BrN2O4S/c1-2-26-16-9-7-15(8-10-16)21-19(23)18-4-3-13-22(18)27(24,25)17-11-5-14(20)6-12-17/h5-12,18H,2-4,13H2,1H3,(H,21,23). The van der Waals surface area contributed by atoms with Gasteiger partial charge in [0.05, 0.1) is 11.5 Å². The van der Waals surface area contributed by atoms with E-state index in [4.69, 9.17) is 4.74 Å². The number of hydrogen-bond donors (Lipinski definition) is 1. The summed E-state index contributed by atoms with van der Waals surface area (Å²) in [4.78, 5) is 12.9. The summed E-state index contributed by atoms with van der Waals surface area (Å²) >= 11 is 3.30. The van der Waals surface area contributed by atoms with E-state index in [2.05, 4.69) is 21.2 Å². The zero-order valence-corrected chi connectivity index (χ0v) is 17.3. The van der Waals surface area contributed by atoms with Crippen LogP contribution in [0.2, 0.25) is 0 Å². The molecule has 0 radical (unpaired) electrons. The van der Waals surface area contributed by atoms with Crippen LogP contribution in [-0.2, 0) is 14.8 Å². The maximum Gasteiger partial charge on any atom is 0.243 e. The van der Waals surface area contributed by atoms with Crippen molar-refractivity contribution in [3.63, 3.8) is 0 Å². The van der Waals surface area contributed by atoms with Gasteiger partial charge in [0.25, 0.3) is 0 Å². The molecule has 1 fully saturated rings. The largest absolute Gasteiger partial charge is 0.494 e. The van der Waals surface area contributed by atoms with Crippen LogP contribution in [0, 0.1) is 0 Å². The molecule has 1 atom stereocenters. The van der Waals surface area contributed by atoms with Crippen molar-refractivity contribution in [2.45, 2.75) is 30.7 Å². The van der Waals surface area contributed by atoms with Crippen molar-refractivity contribution in [2.24, 2.45) is 0 Å². The molecule has 6 nitrogen and oxygen atoms in total. The lowest BCUT2D eigenvalue weighted by molar-refractivity contribution is -0.119. The summed E-state index contributed by atoms with van der Waals surface area (Å²) in [5.41, 5.74) is 0.608. The summed E-state index contributed by atoms with van der Waals surface area (Å²) in [6.45, 7) is 2.80. The lowest BCUT2D eigenvalue weighted by atomic mass is 10.2. The molecule has 1 aliphatic heterocycles. The second kappa shape index (κ2) is 8.41. The fourth-order valence-electron chi connectivity index (χ4n) is 3.06. The van der Waals surface area contributed by atoms with Crippen LogP contribution in [0.3, 0.4) is 0 Å². The number of nitrogens with zero attached hydrogens (tertiary/aromatic N) is 1. The summed E-state index contributed by atoms with van der Waals surface area (Å²) < 4.78 is 33.4.